The zero-order valence-corrected chi connectivity index (χ0v) is 10.7. The van der Waals surface area contributed by atoms with Crippen LogP contribution >= 0.6 is 10.7 Å². The second-order valence-electron chi connectivity index (χ2n) is 3.15. The molecule has 0 spiro atoms. The van der Waals surface area contributed by atoms with Gasteiger partial charge in [-0.3, -0.25) is 9.48 Å². The van der Waals surface area contributed by atoms with Crippen molar-refractivity contribution < 1.29 is 17.9 Å². The Labute approximate surface area is 103 Å². The lowest BCUT2D eigenvalue weighted by Gasteiger charge is -2.03. The van der Waals surface area contributed by atoms with Crippen LogP contribution in [-0.2, 0) is 25.1 Å². The van der Waals surface area contributed by atoms with Crippen LogP contribution in [0, 0.1) is 0 Å². The molecule has 1 aromatic rings. The lowest BCUT2D eigenvalue weighted by molar-refractivity contribution is -0.122. The predicted molar refractivity (Wildman–Crippen MR) is 60.2 cm³/mol. The van der Waals surface area contributed by atoms with Gasteiger partial charge in [0.2, 0.25) is 5.91 Å². The monoisotopic (exact) mass is 281 g/mol. The zero-order valence-electron chi connectivity index (χ0n) is 9.09. The fourth-order valence-corrected chi connectivity index (χ4v) is 1.71. The number of nitrogens with one attached hydrogen (secondary N) is 1. The fraction of sp³-hybridized carbons (Fsp3) is 0.500. The maximum Gasteiger partial charge on any atom is 0.264 e. The van der Waals surface area contributed by atoms with Gasteiger partial charge in [0.05, 0.1) is 12.8 Å². The summed E-state index contributed by atoms with van der Waals surface area (Å²) in [5, 5.41) is 6.28. The number of ether oxygens (including phenoxy) is 1. The Hall–Kier alpha value is -1.12. The van der Waals surface area contributed by atoms with Gasteiger partial charge < -0.3 is 10.1 Å². The van der Waals surface area contributed by atoms with Gasteiger partial charge in [-0.2, -0.15) is 5.10 Å². The maximum absolute atomic E-state index is 11.3. The third-order valence-corrected chi connectivity index (χ3v) is 3.13. The van der Waals surface area contributed by atoms with Crippen LogP contribution in [0.5, 0.6) is 0 Å². The second-order valence-corrected chi connectivity index (χ2v) is 5.72. The molecule has 1 rings (SSSR count). The average Bonchev–Trinajstić information content (AvgIpc) is 2.66. The molecular formula is C8H12ClN3O4S. The van der Waals surface area contributed by atoms with Crippen LogP contribution in [0.1, 0.15) is 0 Å². The number of carbonyl (C=O) groups is 1. The SMILES string of the molecule is COCCNC(=O)Cn1cc(S(=O)(=O)Cl)cn1. The van der Waals surface area contributed by atoms with Crippen molar-refractivity contribution in [3.8, 4) is 0 Å². The number of nitrogens with zero attached hydrogens (tertiary/aromatic N) is 2. The molecular weight excluding hydrogens is 270 g/mol. The van der Waals surface area contributed by atoms with Crippen molar-refractivity contribution in [3.05, 3.63) is 12.4 Å². The molecule has 0 fully saturated rings. The Balaban J connectivity index is 2.52. The van der Waals surface area contributed by atoms with Gasteiger partial charge in [-0.25, -0.2) is 8.42 Å². The third kappa shape index (κ3) is 4.72. The van der Waals surface area contributed by atoms with E-state index in [1.54, 1.807) is 0 Å². The predicted octanol–water partition coefficient (Wildman–Crippen LogP) is -0.427. The van der Waals surface area contributed by atoms with E-state index >= 15 is 0 Å². The molecule has 96 valence electrons. The molecule has 17 heavy (non-hydrogen) atoms. The lowest BCUT2D eigenvalue weighted by Crippen LogP contribution is -2.30. The van der Waals surface area contributed by atoms with E-state index in [9.17, 15) is 13.2 Å². The minimum atomic E-state index is -3.80. The van der Waals surface area contributed by atoms with E-state index in [1.165, 1.54) is 18.0 Å². The number of amides is 1. The Morgan fingerprint density at radius 1 is 1.65 bits per heavy atom. The second kappa shape index (κ2) is 5.99. The van der Waals surface area contributed by atoms with Crippen molar-refractivity contribution in [1.29, 1.82) is 0 Å². The first kappa shape index (κ1) is 13.9. The molecule has 1 N–H and O–H groups in total. The van der Waals surface area contributed by atoms with Crippen molar-refractivity contribution in [2.75, 3.05) is 20.3 Å². The number of carbonyl (C=O) groups excluding carboxylic acids is 1. The summed E-state index contributed by atoms with van der Waals surface area (Å²) in [6.45, 7) is 0.722. The molecule has 0 aliphatic carbocycles. The van der Waals surface area contributed by atoms with Gasteiger partial charge in [-0.05, 0) is 0 Å². The highest BCUT2D eigenvalue weighted by atomic mass is 35.7. The number of aromatic nitrogens is 2. The van der Waals surface area contributed by atoms with Crippen LogP contribution in [-0.4, -0.2) is 44.4 Å². The van der Waals surface area contributed by atoms with Crippen LogP contribution in [0.4, 0.5) is 0 Å². The maximum atomic E-state index is 11.3. The van der Waals surface area contributed by atoms with E-state index in [-0.39, 0.29) is 17.3 Å². The minimum Gasteiger partial charge on any atom is -0.383 e. The molecule has 0 aromatic carbocycles. The molecule has 0 bridgehead atoms. The standard InChI is InChI=1S/C8H12ClN3O4S/c1-16-3-2-10-8(13)6-12-5-7(4-11-12)17(9,14)15/h4-5H,2-3,6H2,1H3,(H,10,13). The van der Waals surface area contributed by atoms with Gasteiger partial charge in [0.15, 0.2) is 0 Å². The Morgan fingerprint density at radius 3 is 2.88 bits per heavy atom. The summed E-state index contributed by atoms with van der Waals surface area (Å²) in [6.07, 6.45) is 2.28. The van der Waals surface area contributed by atoms with E-state index in [0.29, 0.717) is 13.2 Å². The minimum absolute atomic E-state index is 0.0733. The molecule has 0 saturated carbocycles. The summed E-state index contributed by atoms with van der Waals surface area (Å²) in [6, 6.07) is 0. The van der Waals surface area contributed by atoms with Crippen LogP contribution in [0.2, 0.25) is 0 Å². The zero-order chi connectivity index (χ0) is 12.9. The molecule has 0 aliphatic rings. The van der Waals surface area contributed by atoms with E-state index in [0.717, 1.165) is 6.20 Å². The molecule has 1 aromatic heterocycles. The summed E-state index contributed by atoms with van der Waals surface area (Å²) >= 11 is 0. The highest BCUT2D eigenvalue weighted by molar-refractivity contribution is 8.13. The number of methoxy groups -OCH3 is 1. The normalized spacial score (nSPS) is 11.4. The number of hydrogen-bond donors (Lipinski definition) is 1. The van der Waals surface area contributed by atoms with Gasteiger partial charge in [0.25, 0.3) is 9.05 Å². The highest BCUT2D eigenvalue weighted by Crippen LogP contribution is 2.12. The Kier molecular flexibility index (Phi) is 4.91. The van der Waals surface area contributed by atoms with Crippen molar-refractivity contribution in [1.82, 2.24) is 15.1 Å². The first-order valence-corrected chi connectivity index (χ1v) is 6.97. The highest BCUT2D eigenvalue weighted by Gasteiger charge is 2.13. The van der Waals surface area contributed by atoms with Gasteiger partial charge >= 0.3 is 0 Å². The third-order valence-electron chi connectivity index (χ3n) is 1.83. The largest absolute Gasteiger partial charge is 0.383 e. The molecule has 0 radical (unpaired) electrons. The van der Waals surface area contributed by atoms with Crippen molar-refractivity contribution in [3.63, 3.8) is 0 Å². The Morgan fingerprint density at radius 2 is 2.35 bits per heavy atom. The van der Waals surface area contributed by atoms with E-state index in [1.807, 2.05) is 0 Å². The van der Waals surface area contributed by atoms with Crippen molar-refractivity contribution in [2.45, 2.75) is 11.4 Å². The molecule has 1 heterocycles. The molecule has 0 saturated heterocycles. The van der Waals surface area contributed by atoms with Crippen LogP contribution in [0.3, 0.4) is 0 Å². The summed E-state index contributed by atoms with van der Waals surface area (Å²) in [4.78, 5) is 11.2. The molecule has 1 amide bonds. The number of rotatable bonds is 6. The smallest absolute Gasteiger partial charge is 0.264 e. The lowest BCUT2D eigenvalue weighted by atomic mass is 10.5. The van der Waals surface area contributed by atoms with E-state index in [2.05, 4.69) is 10.4 Å². The molecule has 0 atom stereocenters. The summed E-state index contributed by atoms with van der Waals surface area (Å²) in [5.41, 5.74) is 0. The van der Waals surface area contributed by atoms with Crippen molar-refractivity contribution in [2.24, 2.45) is 0 Å². The average molecular weight is 282 g/mol. The summed E-state index contributed by atoms with van der Waals surface area (Å²) in [7, 11) is 2.84. The van der Waals surface area contributed by atoms with Gasteiger partial charge in [-0.1, -0.05) is 0 Å². The molecule has 0 unspecified atom stereocenters. The first-order valence-electron chi connectivity index (χ1n) is 4.66. The first-order chi connectivity index (χ1) is 7.93. The van der Waals surface area contributed by atoms with Gasteiger partial charge in [0.1, 0.15) is 11.4 Å². The number of hydrogen-bond acceptors (Lipinski definition) is 5. The van der Waals surface area contributed by atoms with Gasteiger partial charge in [0, 0.05) is 30.5 Å². The summed E-state index contributed by atoms with van der Waals surface area (Å²) < 4.78 is 27.8. The molecule has 0 aliphatic heterocycles. The van der Waals surface area contributed by atoms with E-state index < -0.39 is 9.05 Å². The molecule has 7 nitrogen and oxygen atoms in total. The molecule has 9 heteroatoms. The summed E-state index contributed by atoms with van der Waals surface area (Å²) in [5.74, 6) is -0.288. The van der Waals surface area contributed by atoms with Crippen LogP contribution < -0.4 is 5.32 Å². The van der Waals surface area contributed by atoms with Crippen LogP contribution in [0.15, 0.2) is 17.3 Å². The number of halogens is 1. The topological polar surface area (TPSA) is 90.3 Å². The van der Waals surface area contributed by atoms with Gasteiger partial charge in [-0.15, -0.1) is 0 Å². The quantitative estimate of drug-likeness (QED) is 0.565. The van der Waals surface area contributed by atoms with Crippen LogP contribution in [0.25, 0.3) is 0 Å². The Bertz CT molecular complexity index is 485. The fourth-order valence-electron chi connectivity index (χ4n) is 1.05. The van der Waals surface area contributed by atoms with E-state index in [4.69, 9.17) is 15.4 Å². The van der Waals surface area contributed by atoms with Crippen molar-refractivity contribution >= 4 is 25.6 Å².